The highest BCUT2D eigenvalue weighted by Crippen LogP contribution is 2.32. The van der Waals surface area contributed by atoms with E-state index in [9.17, 15) is 13.2 Å². The number of nitrogens with zero attached hydrogens (tertiary/aromatic N) is 5. The average molecular weight is 515 g/mol. The van der Waals surface area contributed by atoms with Crippen LogP contribution in [0, 0.1) is 0 Å². The highest BCUT2D eigenvalue weighted by atomic mass is 32.2. The number of amides is 1. The second-order valence-electron chi connectivity index (χ2n) is 8.54. The Kier molecular flexibility index (Phi) is 7.31. The first-order valence-corrected chi connectivity index (χ1v) is 13.2. The van der Waals surface area contributed by atoms with Gasteiger partial charge in [0.1, 0.15) is 5.75 Å². The van der Waals surface area contributed by atoms with E-state index in [0.29, 0.717) is 17.0 Å². The maximum Gasteiger partial charge on any atom is 0.345 e. The number of nitrogen functional groups attached to an aromatic ring is 1. The zero-order valence-electron chi connectivity index (χ0n) is 20.4. The Morgan fingerprint density at radius 2 is 1.86 bits per heavy atom. The van der Waals surface area contributed by atoms with E-state index in [-0.39, 0.29) is 23.3 Å². The number of carbonyl (C=O) groups is 1. The van der Waals surface area contributed by atoms with E-state index in [4.69, 9.17) is 10.5 Å². The number of hydrogen-bond donors (Lipinski definition) is 3. The van der Waals surface area contributed by atoms with Crippen molar-refractivity contribution in [1.82, 2.24) is 25.0 Å². The first-order chi connectivity index (χ1) is 17.2. The van der Waals surface area contributed by atoms with Crippen LogP contribution in [0.5, 0.6) is 5.75 Å². The minimum atomic E-state index is -3.45. The van der Waals surface area contributed by atoms with Gasteiger partial charge in [-0.25, -0.2) is 13.2 Å². The molecular formula is C23H30N8O4S. The largest absolute Gasteiger partial charge is 0.494 e. The van der Waals surface area contributed by atoms with Crippen molar-refractivity contribution in [3.8, 4) is 5.75 Å². The van der Waals surface area contributed by atoms with Gasteiger partial charge >= 0.3 is 6.03 Å². The summed E-state index contributed by atoms with van der Waals surface area (Å²) < 4.78 is 30.7. The molecule has 1 aromatic heterocycles. The molecule has 1 fully saturated rings. The van der Waals surface area contributed by atoms with Crippen LogP contribution in [0.2, 0.25) is 0 Å². The minimum absolute atomic E-state index is 0.0235. The molecule has 1 saturated heterocycles. The van der Waals surface area contributed by atoms with Crippen molar-refractivity contribution in [2.45, 2.75) is 11.4 Å². The molecule has 2 aromatic carbocycles. The molecular weight excluding hydrogens is 484 g/mol. The third-order valence-electron chi connectivity index (χ3n) is 5.92. The monoisotopic (exact) mass is 514 g/mol. The summed E-state index contributed by atoms with van der Waals surface area (Å²) in [6, 6.07) is 11.6. The fourth-order valence-electron chi connectivity index (χ4n) is 3.97. The van der Waals surface area contributed by atoms with Gasteiger partial charge in [-0.15, -0.1) is 9.78 Å². The first kappa shape index (κ1) is 25.3. The summed E-state index contributed by atoms with van der Waals surface area (Å²) in [4.78, 5) is 21.7. The molecule has 13 heteroatoms. The SMILES string of the molecule is COc1cc(N2CCN(C)CC2)ccc1Nc1nc(N)nn1C(=O)NCc1ccccc1S(C)(=O)=O. The summed E-state index contributed by atoms with van der Waals surface area (Å²) in [7, 11) is 0.222. The predicted octanol–water partition coefficient (Wildman–Crippen LogP) is 1.53. The van der Waals surface area contributed by atoms with E-state index in [1.807, 2.05) is 18.2 Å². The Bertz CT molecular complexity index is 1350. The zero-order chi connectivity index (χ0) is 25.9. The van der Waals surface area contributed by atoms with Crippen LogP contribution in [0.3, 0.4) is 0 Å². The average Bonchev–Trinajstić information content (AvgIpc) is 3.23. The number of ether oxygens (including phenoxy) is 1. The van der Waals surface area contributed by atoms with Crippen molar-refractivity contribution in [2.24, 2.45) is 0 Å². The van der Waals surface area contributed by atoms with E-state index < -0.39 is 15.9 Å². The lowest BCUT2D eigenvalue weighted by atomic mass is 10.2. The maximum atomic E-state index is 12.9. The number of nitrogens with one attached hydrogen (secondary N) is 2. The smallest absolute Gasteiger partial charge is 0.345 e. The normalized spacial score (nSPS) is 14.5. The molecule has 36 heavy (non-hydrogen) atoms. The molecule has 0 atom stereocenters. The van der Waals surface area contributed by atoms with E-state index >= 15 is 0 Å². The predicted molar refractivity (Wildman–Crippen MR) is 138 cm³/mol. The molecule has 1 amide bonds. The number of carbonyl (C=O) groups excluding carboxylic acids is 1. The van der Waals surface area contributed by atoms with Gasteiger partial charge in [-0.3, -0.25) is 0 Å². The van der Waals surface area contributed by atoms with Crippen LogP contribution in [-0.4, -0.2) is 80.7 Å². The van der Waals surface area contributed by atoms with Gasteiger partial charge < -0.3 is 30.9 Å². The van der Waals surface area contributed by atoms with E-state index in [1.54, 1.807) is 25.3 Å². The van der Waals surface area contributed by atoms with Crippen LogP contribution in [-0.2, 0) is 16.4 Å². The van der Waals surface area contributed by atoms with Gasteiger partial charge in [0.15, 0.2) is 9.84 Å². The van der Waals surface area contributed by atoms with Gasteiger partial charge in [0.05, 0.1) is 17.7 Å². The lowest BCUT2D eigenvalue weighted by Crippen LogP contribution is -2.44. The van der Waals surface area contributed by atoms with Crippen LogP contribution in [0.25, 0.3) is 0 Å². The highest BCUT2D eigenvalue weighted by molar-refractivity contribution is 7.90. The van der Waals surface area contributed by atoms with Crippen molar-refractivity contribution >= 4 is 39.1 Å². The molecule has 12 nitrogen and oxygen atoms in total. The maximum absolute atomic E-state index is 12.9. The number of methoxy groups -OCH3 is 1. The van der Waals surface area contributed by atoms with Crippen molar-refractivity contribution in [1.29, 1.82) is 0 Å². The standard InChI is InChI=1S/C23H30N8O4S/c1-29-10-12-30(13-11-29)17-8-9-18(19(14-17)35-2)26-22-27-21(24)28-31(22)23(32)25-15-16-6-4-5-7-20(16)36(3,33)34/h4-9,14H,10-13,15H2,1-3H3,(H,25,32)(H3,24,26,27,28). The molecule has 0 saturated carbocycles. The second-order valence-corrected chi connectivity index (χ2v) is 10.5. The number of nitrogens with two attached hydrogens (primary N) is 1. The Hall–Kier alpha value is -3.84. The lowest BCUT2D eigenvalue weighted by Gasteiger charge is -2.34. The van der Waals surface area contributed by atoms with Gasteiger partial charge in [0.2, 0.25) is 11.9 Å². The summed E-state index contributed by atoms with van der Waals surface area (Å²) in [5, 5.41) is 9.72. The van der Waals surface area contributed by atoms with Crippen LogP contribution < -0.4 is 26.0 Å². The number of hydrogen-bond acceptors (Lipinski definition) is 10. The quantitative estimate of drug-likeness (QED) is 0.424. The molecule has 0 bridgehead atoms. The molecule has 3 aromatic rings. The second kappa shape index (κ2) is 10.4. The molecule has 4 N–H and O–H groups in total. The van der Waals surface area contributed by atoms with E-state index in [0.717, 1.165) is 42.8 Å². The molecule has 2 heterocycles. The molecule has 4 rings (SSSR count). The summed E-state index contributed by atoms with van der Waals surface area (Å²) in [6.07, 6.45) is 1.12. The van der Waals surface area contributed by atoms with Gasteiger partial charge in [0, 0.05) is 50.7 Å². The van der Waals surface area contributed by atoms with Gasteiger partial charge in [-0.05, 0) is 30.8 Å². The lowest BCUT2D eigenvalue weighted by molar-refractivity contribution is 0.239. The molecule has 1 aliphatic heterocycles. The van der Waals surface area contributed by atoms with Gasteiger partial charge in [0.25, 0.3) is 0 Å². The molecule has 0 aliphatic carbocycles. The highest BCUT2D eigenvalue weighted by Gasteiger charge is 2.20. The number of piperazine rings is 1. The number of sulfone groups is 1. The van der Waals surface area contributed by atoms with Crippen LogP contribution in [0.15, 0.2) is 47.4 Å². The fourth-order valence-corrected chi connectivity index (χ4v) is 4.92. The third-order valence-corrected chi connectivity index (χ3v) is 7.12. The third kappa shape index (κ3) is 5.69. The number of likely N-dealkylation sites (N-methyl/N-ethyl adjacent to an activating group) is 1. The van der Waals surface area contributed by atoms with Crippen LogP contribution in [0.4, 0.5) is 28.1 Å². The summed E-state index contributed by atoms with van der Waals surface area (Å²) in [5.41, 5.74) is 7.85. The van der Waals surface area contributed by atoms with Crippen LogP contribution in [0.1, 0.15) is 5.56 Å². The molecule has 0 unspecified atom stereocenters. The first-order valence-electron chi connectivity index (χ1n) is 11.3. The van der Waals surface area contributed by atoms with Crippen molar-refractivity contribution in [2.75, 3.05) is 62.5 Å². The van der Waals surface area contributed by atoms with E-state index in [1.165, 1.54) is 6.07 Å². The van der Waals surface area contributed by atoms with Gasteiger partial charge in [-0.1, -0.05) is 18.2 Å². The van der Waals surface area contributed by atoms with E-state index in [2.05, 4.69) is 37.6 Å². The number of aromatic nitrogens is 3. The Balaban J connectivity index is 1.51. The topological polar surface area (TPSA) is 148 Å². The minimum Gasteiger partial charge on any atom is -0.494 e. The Morgan fingerprint density at radius 1 is 1.14 bits per heavy atom. The Labute approximate surface area is 210 Å². The molecule has 0 radical (unpaired) electrons. The number of benzene rings is 2. The van der Waals surface area contributed by atoms with Gasteiger partial charge in [-0.2, -0.15) is 4.98 Å². The molecule has 192 valence electrons. The van der Waals surface area contributed by atoms with Crippen LogP contribution >= 0.6 is 0 Å². The summed E-state index contributed by atoms with van der Waals surface area (Å²) >= 11 is 0. The van der Waals surface area contributed by atoms with Crippen molar-refractivity contribution < 1.29 is 17.9 Å². The molecule has 0 spiro atoms. The van der Waals surface area contributed by atoms with Crippen molar-refractivity contribution in [3.63, 3.8) is 0 Å². The van der Waals surface area contributed by atoms with Crippen molar-refractivity contribution in [3.05, 3.63) is 48.0 Å². The number of rotatable bonds is 7. The Morgan fingerprint density at radius 3 is 2.56 bits per heavy atom. The molecule has 1 aliphatic rings. The summed E-state index contributed by atoms with van der Waals surface area (Å²) in [5.74, 6) is 0.561. The summed E-state index contributed by atoms with van der Waals surface area (Å²) in [6.45, 7) is 3.77. The number of anilines is 4. The fraction of sp³-hybridized carbons (Fsp3) is 0.348. The zero-order valence-corrected chi connectivity index (χ0v) is 21.2.